The van der Waals surface area contributed by atoms with E-state index in [0.717, 1.165) is 0 Å². The van der Waals surface area contributed by atoms with Gasteiger partial charge in [-0.25, -0.2) is 4.79 Å². The fourth-order valence-electron chi connectivity index (χ4n) is 1.18. The number of benzene rings is 1. The summed E-state index contributed by atoms with van der Waals surface area (Å²) in [6, 6.07) is 4.56. The monoisotopic (exact) mass is 279 g/mol. The lowest BCUT2D eigenvalue weighted by molar-refractivity contribution is -0.0331. The largest absolute Gasteiger partial charge is 0.461 e. The summed E-state index contributed by atoms with van der Waals surface area (Å²) in [4.78, 5) is 11.5. The Morgan fingerprint density at radius 1 is 1.44 bits per heavy atom. The zero-order valence-electron chi connectivity index (χ0n) is 9.58. The van der Waals surface area contributed by atoms with E-state index in [1.807, 2.05) is 0 Å². The molecule has 1 aromatic carbocycles. The Bertz CT molecular complexity index is 435. The Morgan fingerprint density at radius 2 is 2.11 bits per heavy atom. The van der Waals surface area contributed by atoms with Crippen LogP contribution in [-0.4, -0.2) is 23.8 Å². The van der Waals surface area contributed by atoms with Crippen molar-refractivity contribution in [3.63, 3.8) is 0 Å². The number of hydrogen-bond acceptors (Lipinski definition) is 4. The minimum Gasteiger partial charge on any atom is -0.461 e. The van der Waals surface area contributed by atoms with Gasteiger partial charge in [0, 0.05) is 11.4 Å². The lowest BCUT2D eigenvalue weighted by atomic mass is 10.1. The second-order valence-corrected chi connectivity index (χ2v) is 4.66. The molecule has 100 valence electrons. The number of anilines is 1. The predicted octanol–water partition coefficient (Wildman–Crippen LogP) is 2.99. The van der Waals surface area contributed by atoms with Crippen molar-refractivity contribution in [1.82, 2.24) is 0 Å². The summed E-state index contributed by atoms with van der Waals surface area (Å²) in [7, 11) is 0. The SMILES string of the molecule is Cc1cc(C(=O)OCCSC(F)(F)F)ccc1N. The van der Waals surface area contributed by atoms with Crippen LogP contribution in [0.25, 0.3) is 0 Å². The highest BCUT2D eigenvalue weighted by molar-refractivity contribution is 8.00. The van der Waals surface area contributed by atoms with Crippen molar-refractivity contribution in [1.29, 1.82) is 0 Å². The summed E-state index contributed by atoms with van der Waals surface area (Å²) in [5.41, 5.74) is 2.81. The Morgan fingerprint density at radius 3 is 2.67 bits per heavy atom. The van der Waals surface area contributed by atoms with Crippen molar-refractivity contribution in [2.24, 2.45) is 0 Å². The summed E-state index contributed by atoms with van der Waals surface area (Å²) in [5.74, 6) is -0.968. The number of aryl methyl sites for hydroxylation is 1. The number of carbonyl (C=O) groups excluding carboxylic acids is 1. The molecule has 0 amide bonds. The fraction of sp³-hybridized carbons (Fsp3) is 0.364. The molecule has 0 aliphatic carbocycles. The van der Waals surface area contributed by atoms with Gasteiger partial charge in [-0.1, -0.05) is 0 Å². The van der Waals surface area contributed by atoms with E-state index < -0.39 is 11.5 Å². The Kier molecular flexibility index (Phi) is 4.89. The van der Waals surface area contributed by atoms with E-state index in [9.17, 15) is 18.0 Å². The molecule has 0 unspecified atom stereocenters. The number of nitrogens with two attached hydrogens (primary N) is 1. The minimum atomic E-state index is -4.30. The van der Waals surface area contributed by atoms with Crippen LogP contribution in [0.15, 0.2) is 18.2 Å². The van der Waals surface area contributed by atoms with Crippen molar-refractivity contribution in [3.8, 4) is 0 Å². The third kappa shape index (κ3) is 4.87. The molecule has 2 N–H and O–H groups in total. The average Bonchev–Trinajstić information content (AvgIpc) is 2.26. The van der Waals surface area contributed by atoms with Gasteiger partial charge in [0.25, 0.3) is 0 Å². The number of nitrogen functional groups attached to an aromatic ring is 1. The maximum atomic E-state index is 11.8. The summed E-state index contributed by atoms with van der Waals surface area (Å²) in [6.07, 6.45) is 0. The molecule has 0 bridgehead atoms. The van der Waals surface area contributed by atoms with Crippen LogP contribution in [0, 0.1) is 6.92 Å². The molecule has 7 heteroatoms. The summed E-state index contributed by atoms with van der Waals surface area (Å²) in [5, 5.41) is 0. The topological polar surface area (TPSA) is 52.3 Å². The van der Waals surface area contributed by atoms with Gasteiger partial charge >= 0.3 is 11.5 Å². The van der Waals surface area contributed by atoms with E-state index in [4.69, 9.17) is 10.5 Å². The van der Waals surface area contributed by atoms with E-state index in [-0.39, 0.29) is 29.7 Å². The molecule has 0 aliphatic heterocycles. The second-order valence-electron chi connectivity index (χ2n) is 3.50. The van der Waals surface area contributed by atoms with Gasteiger partial charge in [-0.15, -0.1) is 0 Å². The van der Waals surface area contributed by atoms with Crippen molar-refractivity contribution in [2.45, 2.75) is 12.4 Å². The number of carbonyl (C=O) groups is 1. The summed E-state index contributed by atoms with van der Waals surface area (Å²) in [6.45, 7) is 1.44. The van der Waals surface area contributed by atoms with Crippen molar-refractivity contribution >= 4 is 23.4 Å². The summed E-state index contributed by atoms with van der Waals surface area (Å²) < 4.78 is 40.1. The number of esters is 1. The number of hydrogen-bond donors (Lipinski definition) is 1. The fourth-order valence-corrected chi connectivity index (χ4v) is 1.58. The molecule has 0 heterocycles. The van der Waals surface area contributed by atoms with Crippen LogP contribution in [0.3, 0.4) is 0 Å². The molecule has 3 nitrogen and oxygen atoms in total. The van der Waals surface area contributed by atoms with Crippen LogP contribution >= 0.6 is 11.8 Å². The second kappa shape index (κ2) is 5.99. The first-order valence-electron chi connectivity index (χ1n) is 5.03. The van der Waals surface area contributed by atoms with Crippen molar-refractivity contribution in [2.75, 3.05) is 18.1 Å². The van der Waals surface area contributed by atoms with Crippen LogP contribution in [0.1, 0.15) is 15.9 Å². The zero-order chi connectivity index (χ0) is 13.8. The lowest BCUT2D eigenvalue weighted by Crippen LogP contribution is -2.11. The van der Waals surface area contributed by atoms with Gasteiger partial charge in [0.1, 0.15) is 6.61 Å². The third-order valence-electron chi connectivity index (χ3n) is 2.09. The molecule has 0 atom stereocenters. The van der Waals surface area contributed by atoms with Crippen molar-refractivity contribution < 1.29 is 22.7 Å². The first kappa shape index (κ1) is 14.7. The van der Waals surface area contributed by atoms with E-state index in [1.54, 1.807) is 13.0 Å². The maximum Gasteiger partial charge on any atom is 0.441 e. The molecular formula is C11H12F3NO2S. The van der Waals surface area contributed by atoms with Gasteiger partial charge in [0.15, 0.2) is 0 Å². The van der Waals surface area contributed by atoms with Gasteiger partial charge < -0.3 is 10.5 Å². The molecule has 0 saturated heterocycles. The standard InChI is InChI=1S/C11H12F3NO2S/c1-7-6-8(2-3-9(7)15)10(16)17-4-5-18-11(12,13)14/h2-3,6H,4-5,15H2,1H3. The molecule has 18 heavy (non-hydrogen) atoms. The Hall–Kier alpha value is -1.37. The first-order chi connectivity index (χ1) is 8.29. The Labute approximate surface area is 106 Å². The van der Waals surface area contributed by atoms with Crippen LogP contribution < -0.4 is 5.73 Å². The molecule has 1 rings (SSSR count). The molecule has 1 aromatic rings. The van der Waals surface area contributed by atoms with Crippen molar-refractivity contribution in [3.05, 3.63) is 29.3 Å². The number of rotatable bonds is 4. The number of halogens is 3. The summed E-state index contributed by atoms with van der Waals surface area (Å²) >= 11 is -0.221. The molecule has 0 fully saturated rings. The number of ether oxygens (including phenoxy) is 1. The molecule has 0 spiro atoms. The van der Waals surface area contributed by atoms with Gasteiger partial charge in [-0.2, -0.15) is 13.2 Å². The van der Waals surface area contributed by atoms with E-state index in [1.165, 1.54) is 12.1 Å². The zero-order valence-corrected chi connectivity index (χ0v) is 10.4. The van der Waals surface area contributed by atoms with E-state index >= 15 is 0 Å². The molecule has 0 aromatic heterocycles. The molecule has 0 aliphatic rings. The smallest absolute Gasteiger partial charge is 0.441 e. The highest BCUT2D eigenvalue weighted by Gasteiger charge is 2.27. The molecule has 0 radical (unpaired) electrons. The Balaban J connectivity index is 2.43. The molecule has 0 saturated carbocycles. The highest BCUT2D eigenvalue weighted by Crippen LogP contribution is 2.29. The normalized spacial score (nSPS) is 11.3. The van der Waals surface area contributed by atoms with Crippen LogP contribution in [0.5, 0.6) is 0 Å². The first-order valence-corrected chi connectivity index (χ1v) is 6.02. The maximum absolute atomic E-state index is 11.8. The predicted molar refractivity (Wildman–Crippen MR) is 64.4 cm³/mol. The van der Waals surface area contributed by atoms with Gasteiger partial charge in [0.05, 0.1) is 5.56 Å². The van der Waals surface area contributed by atoms with Crippen LogP contribution in [0.4, 0.5) is 18.9 Å². The van der Waals surface area contributed by atoms with Crippen LogP contribution in [-0.2, 0) is 4.74 Å². The molecular weight excluding hydrogens is 267 g/mol. The van der Waals surface area contributed by atoms with Crippen LogP contribution in [0.2, 0.25) is 0 Å². The third-order valence-corrected chi connectivity index (χ3v) is 2.79. The van der Waals surface area contributed by atoms with Gasteiger partial charge in [-0.05, 0) is 42.4 Å². The van der Waals surface area contributed by atoms with Gasteiger partial charge in [0.2, 0.25) is 0 Å². The number of alkyl halides is 3. The average molecular weight is 279 g/mol. The van der Waals surface area contributed by atoms with E-state index in [2.05, 4.69) is 0 Å². The lowest BCUT2D eigenvalue weighted by Gasteiger charge is -2.07. The van der Waals surface area contributed by atoms with E-state index in [0.29, 0.717) is 11.3 Å². The quantitative estimate of drug-likeness (QED) is 0.523. The number of thioether (sulfide) groups is 1. The minimum absolute atomic E-state index is 0.221. The highest BCUT2D eigenvalue weighted by atomic mass is 32.2. The van der Waals surface area contributed by atoms with Gasteiger partial charge in [-0.3, -0.25) is 0 Å².